The van der Waals surface area contributed by atoms with Gasteiger partial charge in [-0.1, -0.05) is 41.9 Å². The van der Waals surface area contributed by atoms with Gasteiger partial charge in [0, 0.05) is 36.9 Å². The van der Waals surface area contributed by atoms with E-state index in [0.29, 0.717) is 9.93 Å². The second-order valence-corrected chi connectivity index (χ2v) is 8.67. The Hall–Kier alpha value is -2.03. The molecule has 6 nitrogen and oxygen atoms in total. The van der Waals surface area contributed by atoms with E-state index in [1.54, 1.807) is 12.1 Å². The number of piperazine rings is 1. The third kappa shape index (κ3) is 5.81. The summed E-state index contributed by atoms with van der Waals surface area (Å²) in [6.07, 6.45) is 1.85. The predicted octanol–water partition coefficient (Wildman–Crippen LogP) is 3.93. The first-order valence-electron chi connectivity index (χ1n) is 9.53. The van der Waals surface area contributed by atoms with E-state index in [0.717, 1.165) is 54.8 Å². The van der Waals surface area contributed by atoms with Crippen molar-refractivity contribution >= 4 is 58.7 Å². The highest BCUT2D eigenvalue weighted by molar-refractivity contribution is 8.18. The van der Waals surface area contributed by atoms with Gasteiger partial charge in [-0.15, -0.1) is 12.4 Å². The lowest BCUT2D eigenvalue weighted by Gasteiger charge is -2.34. The van der Waals surface area contributed by atoms with E-state index >= 15 is 0 Å². The zero-order valence-corrected chi connectivity index (χ0v) is 19.5. The van der Waals surface area contributed by atoms with Crippen molar-refractivity contribution in [2.24, 2.45) is 0 Å². The minimum atomic E-state index is -0.247. The fourth-order valence-corrected chi connectivity index (χ4v) is 4.45. The van der Waals surface area contributed by atoms with Crippen LogP contribution in [0.2, 0.25) is 5.02 Å². The Morgan fingerprint density at radius 1 is 1.00 bits per heavy atom. The SMILES string of the molecule is CN1CCN(c2ccccc2/C=C2/SC(=O)N(Cc3ccc(Cl)cc3)C2=O)CC1.Cl.O. The van der Waals surface area contributed by atoms with Crippen LogP contribution < -0.4 is 4.90 Å². The molecule has 31 heavy (non-hydrogen) atoms. The number of hydrogen-bond acceptors (Lipinski definition) is 5. The zero-order chi connectivity index (χ0) is 20.4. The van der Waals surface area contributed by atoms with Crippen LogP contribution >= 0.6 is 35.8 Å². The molecule has 2 aromatic rings. The molecular weight excluding hydrogens is 457 g/mol. The van der Waals surface area contributed by atoms with Crippen LogP contribution in [0.1, 0.15) is 11.1 Å². The van der Waals surface area contributed by atoms with Crippen LogP contribution in [0.4, 0.5) is 10.5 Å². The van der Waals surface area contributed by atoms with Gasteiger partial charge in [-0.05, 0) is 54.2 Å². The van der Waals surface area contributed by atoms with E-state index in [1.165, 1.54) is 4.90 Å². The average molecular weight is 482 g/mol. The lowest BCUT2D eigenvalue weighted by atomic mass is 10.1. The normalized spacial score (nSPS) is 18.2. The summed E-state index contributed by atoms with van der Waals surface area (Å²) in [5.41, 5.74) is 2.94. The van der Waals surface area contributed by atoms with Gasteiger partial charge in [0.25, 0.3) is 11.1 Å². The van der Waals surface area contributed by atoms with E-state index in [4.69, 9.17) is 11.6 Å². The van der Waals surface area contributed by atoms with Gasteiger partial charge in [-0.2, -0.15) is 0 Å². The highest BCUT2D eigenvalue weighted by atomic mass is 35.5. The Balaban J connectivity index is 0.00000171. The third-order valence-electron chi connectivity index (χ3n) is 5.19. The Morgan fingerprint density at radius 2 is 1.65 bits per heavy atom. The molecule has 0 spiro atoms. The Bertz CT molecular complexity index is 961. The molecule has 9 heteroatoms. The van der Waals surface area contributed by atoms with Gasteiger partial charge in [-0.3, -0.25) is 14.5 Å². The van der Waals surface area contributed by atoms with Gasteiger partial charge in [0.15, 0.2) is 0 Å². The summed E-state index contributed by atoms with van der Waals surface area (Å²) in [5.74, 6) is -0.247. The molecule has 2 aliphatic heterocycles. The standard InChI is InChI=1S/C22H22ClN3O2S.ClH.H2O/c1-24-10-12-25(13-11-24)19-5-3-2-4-17(19)14-20-21(27)26(22(28)29-20)15-16-6-8-18(23)9-7-16;;/h2-9,14H,10-13,15H2,1H3;1H;1H2/b20-14+;;. The van der Waals surface area contributed by atoms with Gasteiger partial charge in [0.05, 0.1) is 11.4 Å². The minimum Gasteiger partial charge on any atom is -0.412 e. The van der Waals surface area contributed by atoms with Crippen molar-refractivity contribution in [3.8, 4) is 0 Å². The highest BCUT2D eigenvalue weighted by Gasteiger charge is 2.35. The van der Waals surface area contributed by atoms with Crippen LogP contribution in [0.25, 0.3) is 6.08 Å². The number of amides is 2. The van der Waals surface area contributed by atoms with E-state index < -0.39 is 0 Å². The number of carbonyl (C=O) groups excluding carboxylic acids is 2. The summed E-state index contributed by atoms with van der Waals surface area (Å²) < 4.78 is 0. The summed E-state index contributed by atoms with van der Waals surface area (Å²) in [7, 11) is 2.12. The largest absolute Gasteiger partial charge is 0.412 e. The molecule has 0 saturated carbocycles. The average Bonchev–Trinajstić information content (AvgIpc) is 2.98. The first-order valence-corrected chi connectivity index (χ1v) is 10.7. The smallest absolute Gasteiger partial charge is 0.293 e. The number of anilines is 1. The van der Waals surface area contributed by atoms with Gasteiger partial charge < -0.3 is 15.3 Å². The summed E-state index contributed by atoms with van der Waals surface area (Å²) in [5, 5.41) is 0.386. The molecule has 0 unspecified atom stereocenters. The maximum absolute atomic E-state index is 12.9. The lowest BCUT2D eigenvalue weighted by molar-refractivity contribution is -0.123. The summed E-state index contributed by atoms with van der Waals surface area (Å²) in [4.78, 5) is 31.8. The number of hydrogen-bond donors (Lipinski definition) is 0. The maximum Gasteiger partial charge on any atom is 0.293 e. The molecule has 2 N–H and O–H groups in total. The number of likely N-dealkylation sites (N-methyl/N-ethyl adjacent to an activating group) is 1. The molecule has 0 aromatic heterocycles. The molecular formula is C22H25Cl2N3O3S. The number of carbonyl (C=O) groups is 2. The van der Waals surface area contributed by atoms with Crippen LogP contribution in [-0.2, 0) is 11.3 Å². The molecule has 2 saturated heterocycles. The van der Waals surface area contributed by atoms with Crippen molar-refractivity contribution in [3.05, 3.63) is 69.6 Å². The number of para-hydroxylation sites is 1. The molecule has 166 valence electrons. The predicted molar refractivity (Wildman–Crippen MR) is 130 cm³/mol. The fourth-order valence-electron chi connectivity index (χ4n) is 3.49. The number of benzene rings is 2. The van der Waals surface area contributed by atoms with Crippen molar-refractivity contribution in [3.63, 3.8) is 0 Å². The van der Waals surface area contributed by atoms with Crippen molar-refractivity contribution in [2.45, 2.75) is 6.54 Å². The summed E-state index contributed by atoms with van der Waals surface area (Å²) >= 11 is 6.92. The summed E-state index contributed by atoms with van der Waals surface area (Å²) in [6.45, 7) is 4.15. The Labute approximate surface area is 197 Å². The van der Waals surface area contributed by atoms with E-state index in [-0.39, 0.29) is 35.6 Å². The van der Waals surface area contributed by atoms with Crippen molar-refractivity contribution in [1.82, 2.24) is 9.80 Å². The minimum absolute atomic E-state index is 0. The van der Waals surface area contributed by atoms with Crippen molar-refractivity contribution in [1.29, 1.82) is 0 Å². The zero-order valence-electron chi connectivity index (χ0n) is 17.1. The van der Waals surface area contributed by atoms with Gasteiger partial charge in [0.1, 0.15) is 0 Å². The van der Waals surface area contributed by atoms with E-state index in [1.807, 2.05) is 36.4 Å². The lowest BCUT2D eigenvalue weighted by Crippen LogP contribution is -2.44. The molecule has 2 amide bonds. The topological polar surface area (TPSA) is 75.4 Å². The summed E-state index contributed by atoms with van der Waals surface area (Å²) in [6, 6.07) is 15.2. The van der Waals surface area contributed by atoms with Crippen LogP contribution in [0, 0.1) is 0 Å². The van der Waals surface area contributed by atoms with E-state index in [9.17, 15) is 9.59 Å². The van der Waals surface area contributed by atoms with Crippen molar-refractivity contribution in [2.75, 3.05) is 38.1 Å². The van der Waals surface area contributed by atoms with Crippen LogP contribution in [-0.4, -0.2) is 59.6 Å². The second-order valence-electron chi connectivity index (χ2n) is 7.24. The number of imide groups is 1. The van der Waals surface area contributed by atoms with Crippen LogP contribution in [0.3, 0.4) is 0 Å². The van der Waals surface area contributed by atoms with Crippen molar-refractivity contribution < 1.29 is 15.1 Å². The molecule has 0 bridgehead atoms. The monoisotopic (exact) mass is 481 g/mol. The number of thioether (sulfide) groups is 1. The molecule has 0 radical (unpaired) electrons. The molecule has 0 atom stereocenters. The highest BCUT2D eigenvalue weighted by Crippen LogP contribution is 2.35. The first kappa shape index (κ1) is 25.2. The molecule has 2 aromatic carbocycles. The maximum atomic E-state index is 12.9. The first-order chi connectivity index (χ1) is 14.0. The molecule has 4 rings (SSSR count). The molecule has 2 heterocycles. The third-order valence-corrected chi connectivity index (χ3v) is 6.35. The van der Waals surface area contributed by atoms with Gasteiger partial charge >= 0.3 is 0 Å². The fraction of sp³-hybridized carbons (Fsp3) is 0.273. The number of rotatable bonds is 4. The second kappa shape index (κ2) is 11.0. The van der Waals surface area contributed by atoms with Crippen LogP contribution in [0.15, 0.2) is 53.4 Å². The van der Waals surface area contributed by atoms with E-state index in [2.05, 4.69) is 22.9 Å². The quantitative estimate of drug-likeness (QED) is 0.618. The molecule has 2 fully saturated rings. The molecule has 2 aliphatic rings. The Morgan fingerprint density at radius 3 is 2.32 bits per heavy atom. The molecule has 0 aliphatic carbocycles. The van der Waals surface area contributed by atoms with Gasteiger partial charge in [0.2, 0.25) is 0 Å². The van der Waals surface area contributed by atoms with Crippen LogP contribution in [0.5, 0.6) is 0 Å². The Kier molecular flexibility index (Phi) is 8.97. The number of nitrogens with zero attached hydrogens (tertiary/aromatic N) is 3. The van der Waals surface area contributed by atoms with Gasteiger partial charge in [-0.25, -0.2) is 0 Å². The number of halogens is 2.